The molecule has 2 heterocycles. The van der Waals surface area contributed by atoms with Crippen LogP contribution >= 0.6 is 0 Å². The zero-order chi connectivity index (χ0) is 13.6. The molecule has 1 aliphatic carbocycles. The minimum absolute atomic E-state index is 0.00289. The van der Waals surface area contributed by atoms with E-state index in [-0.39, 0.29) is 5.91 Å². The van der Waals surface area contributed by atoms with Crippen molar-refractivity contribution in [1.82, 2.24) is 19.9 Å². The van der Waals surface area contributed by atoms with E-state index in [2.05, 4.69) is 15.0 Å². The van der Waals surface area contributed by atoms with Crippen LogP contribution in [0.5, 0.6) is 0 Å². The molecule has 1 aliphatic rings. The Kier molecular flexibility index (Phi) is 2.69. The topological polar surface area (TPSA) is 59.0 Å². The van der Waals surface area contributed by atoms with Gasteiger partial charge < -0.3 is 4.90 Å². The third-order valence-electron chi connectivity index (χ3n) is 3.32. The summed E-state index contributed by atoms with van der Waals surface area (Å²) in [6, 6.07) is 1.87. The molecule has 0 spiro atoms. The van der Waals surface area contributed by atoms with Gasteiger partial charge in [-0.3, -0.25) is 4.79 Å². The number of aryl methyl sites for hydroxylation is 1. The van der Waals surface area contributed by atoms with E-state index >= 15 is 0 Å². The molecular formula is C14H16N4O. The van der Waals surface area contributed by atoms with Gasteiger partial charge in [0, 0.05) is 31.6 Å². The number of pyridine rings is 1. The molecule has 0 radical (unpaired) electrons. The summed E-state index contributed by atoms with van der Waals surface area (Å²) < 4.78 is 0. The van der Waals surface area contributed by atoms with Gasteiger partial charge in [-0.15, -0.1) is 0 Å². The van der Waals surface area contributed by atoms with Crippen molar-refractivity contribution in [3.63, 3.8) is 0 Å². The van der Waals surface area contributed by atoms with E-state index in [0.29, 0.717) is 23.0 Å². The van der Waals surface area contributed by atoms with Crippen molar-refractivity contribution in [2.24, 2.45) is 0 Å². The van der Waals surface area contributed by atoms with Gasteiger partial charge in [0.25, 0.3) is 5.91 Å². The maximum atomic E-state index is 12.3. The first kappa shape index (κ1) is 12.0. The number of aromatic nitrogens is 3. The highest BCUT2D eigenvalue weighted by Gasteiger charge is 2.30. The molecule has 98 valence electrons. The summed E-state index contributed by atoms with van der Waals surface area (Å²) in [6.07, 6.45) is 3.94. The van der Waals surface area contributed by atoms with Gasteiger partial charge in [0.2, 0.25) is 0 Å². The number of hydrogen-bond donors (Lipinski definition) is 0. The Balaban J connectivity index is 2.21. The van der Waals surface area contributed by atoms with Crippen LogP contribution in [0.4, 0.5) is 0 Å². The molecule has 2 aromatic rings. The normalized spacial score (nSPS) is 14.7. The van der Waals surface area contributed by atoms with E-state index in [4.69, 9.17) is 0 Å². The number of hydrogen-bond acceptors (Lipinski definition) is 4. The minimum Gasteiger partial charge on any atom is -0.345 e. The quantitative estimate of drug-likeness (QED) is 0.823. The second-order valence-corrected chi connectivity index (χ2v) is 5.23. The van der Waals surface area contributed by atoms with E-state index < -0.39 is 0 Å². The first-order chi connectivity index (χ1) is 9.06. The highest BCUT2D eigenvalue weighted by molar-refractivity contribution is 5.98. The van der Waals surface area contributed by atoms with Crippen LogP contribution in [0.15, 0.2) is 12.3 Å². The predicted molar refractivity (Wildman–Crippen MR) is 72.1 cm³/mol. The van der Waals surface area contributed by atoms with Crippen LogP contribution in [-0.4, -0.2) is 39.9 Å². The summed E-state index contributed by atoms with van der Waals surface area (Å²) in [5, 5.41) is 0.820. The van der Waals surface area contributed by atoms with E-state index in [1.165, 1.54) is 0 Å². The molecule has 0 atom stereocenters. The number of rotatable bonds is 2. The lowest BCUT2D eigenvalue weighted by Gasteiger charge is -2.14. The van der Waals surface area contributed by atoms with Crippen molar-refractivity contribution in [2.45, 2.75) is 25.7 Å². The molecule has 0 saturated heterocycles. The molecule has 1 saturated carbocycles. The summed E-state index contributed by atoms with van der Waals surface area (Å²) in [5.74, 6) is 1.11. The van der Waals surface area contributed by atoms with E-state index in [0.717, 1.165) is 23.9 Å². The molecule has 0 aliphatic heterocycles. The first-order valence-electron chi connectivity index (χ1n) is 6.42. The molecule has 0 aromatic carbocycles. The molecule has 1 amide bonds. The van der Waals surface area contributed by atoms with Crippen molar-refractivity contribution >= 4 is 16.9 Å². The number of carbonyl (C=O) groups excluding carboxylic acids is 1. The standard InChI is InChI=1S/C14H16N4O/c1-8-15-7-10-6-11(14(19)18(2)3)12(9-4-5-9)17-13(10)16-8/h6-7,9H,4-5H2,1-3H3. The highest BCUT2D eigenvalue weighted by Crippen LogP contribution is 2.41. The molecule has 5 nitrogen and oxygen atoms in total. The second kappa shape index (κ2) is 4.26. The summed E-state index contributed by atoms with van der Waals surface area (Å²) in [4.78, 5) is 27.0. The molecule has 0 bridgehead atoms. The average molecular weight is 256 g/mol. The van der Waals surface area contributed by atoms with Crippen LogP contribution in [0.3, 0.4) is 0 Å². The Labute approximate surface area is 111 Å². The van der Waals surface area contributed by atoms with Gasteiger partial charge in [-0.2, -0.15) is 0 Å². The summed E-state index contributed by atoms with van der Waals surface area (Å²) in [5.41, 5.74) is 2.27. The van der Waals surface area contributed by atoms with Crippen molar-refractivity contribution in [3.8, 4) is 0 Å². The predicted octanol–water partition coefficient (Wildman–Crippen LogP) is 1.91. The third-order valence-corrected chi connectivity index (χ3v) is 3.32. The van der Waals surface area contributed by atoms with Gasteiger partial charge in [0.15, 0.2) is 5.65 Å². The number of fused-ring (bicyclic) bond motifs is 1. The molecule has 3 rings (SSSR count). The SMILES string of the molecule is Cc1ncc2cc(C(=O)N(C)C)c(C3CC3)nc2n1. The maximum Gasteiger partial charge on any atom is 0.255 e. The van der Waals surface area contributed by atoms with Gasteiger partial charge in [-0.1, -0.05) is 0 Å². The van der Waals surface area contributed by atoms with Gasteiger partial charge in [0.05, 0.1) is 11.3 Å². The Morgan fingerprint density at radius 1 is 1.32 bits per heavy atom. The summed E-state index contributed by atoms with van der Waals surface area (Å²) in [6.45, 7) is 1.84. The number of nitrogens with zero attached hydrogens (tertiary/aromatic N) is 4. The Bertz CT molecular complexity index is 662. The third kappa shape index (κ3) is 2.16. The molecule has 2 aromatic heterocycles. The number of carbonyl (C=O) groups is 1. The van der Waals surface area contributed by atoms with Crippen molar-refractivity contribution < 1.29 is 4.79 Å². The van der Waals surface area contributed by atoms with E-state index in [1.807, 2.05) is 13.0 Å². The molecule has 5 heteroatoms. The largest absolute Gasteiger partial charge is 0.345 e. The number of amides is 1. The molecule has 1 fully saturated rings. The zero-order valence-corrected chi connectivity index (χ0v) is 11.3. The lowest BCUT2D eigenvalue weighted by atomic mass is 10.1. The first-order valence-corrected chi connectivity index (χ1v) is 6.42. The maximum absolute atomic E-state index is 12.3. The fourth-order valence-corrected chi connectivity index (χ4v) is 2.14. The fraction of sp³-hybridized carbons (Fsp3) is 0.429. The second-order valence-electron chi connectivity index (χ2n) is 5.23. The Morgan fingerprint density at radius 2 is 2.05 bits per heavy atom. The van der Waals surface area contributed by atoms with Gasteiger partial charge >= 0.3 is 0 Å². The Morgan fingerprint density at radius 3 is 2.68 bits per heavy atom. The average Bonchev–Trinajstić information content (AvgIpc) is 3.20. The van der Waals surface area contributed by atoms with E-state index in [9.17, 15) is 4.79 Å². The molecular weight excluding hydrogens is 240 g/mol. The smallest absolute Gasteiger partial charge is 0.255 e. The van der Waals surface area contributed by atoms with Crippen LogP contribution in [0.1, 0.15) is 40.6 Å². The lowest BCUT2D eigenvalue weighted by molar-refractivity contribution is 0.0826. The zero-order valence-electron chi connectivity index (χ0n) is 11.3. The molecule has 0 N–H and O–H groups in total. The van der Waals surface area contributed by atoms with Gasteiger partial charge in [-0.05, 0) is 25.8 Å². The van der Waals surface area contributed by atoms with Crippen LogP contribution in [0.25, 0.3) is 11.0 Å². The van der Waals surface area contributed by atoms with Crippen molar-refractivity contribution in [3.05, 3.63) is 29.3 Å². The van der Waals surface area contributed by atoms with Crippen LogP contribution in [0.2, 0.25) is 0 Å². The molecule has 0 unspecified atom stereocenters. The monoisotopic (exact) mass is 256 g/mol. The van der Waals surface area contributed by atoms with Gasteiger partial charge in [0.1, 0.15) is 5.82 Å². The lowest BCUT2D eigenvalue weighted by Crippen LogP contribution is -2.23. The summed E-state index contributed by atoms with van der Waals surface area (Å²) in [7, 11) is 3.52. The fourth-order valence-electron chi connectivity index (χ4n) is 2.14. The minimum atomic E-state index is -0.00289. The van der Waals surface area contributed by atoms with E-state index in [1.54, 1.807) is 25.2 Å². The van der Waals surface area contributed by atoms with Crippen molar-refractivity contribution in [1.29, 1.82) is 0 Å². The van der Waals surface area contributed by atoms with Crippen molar-refractivity contribution in [2.75, 3.05) is 14.1 Å². The van der Waals surface area contributed by atoms with Gasteiger partial charge in [-0.25, -0.2) is 15.0 Å². The van der Waals surface area contributed by atoms with Crippen LogP contribution in [-0.2, 0) is 0 Å². The van der Waals surface area contributed by atoms with Crippen LogP contribution in [0, 0.1) is 6.92 Å². The highest BCUT2D eigenvalue weighted by atomic mass is 16.2. The Hall–Kier alpha value is -2.04. The molecule has 19 heavy (non-hydrogen) atoms. The summed E-state index contributed by atoms with van der Waals surface area (Å²) >= 11 is 0. The van der Waals surface area contributed by atoms with Crippen LogP contribution < -0.4 is 0 Å².